The van der Waals surface area contributed by atoms with Gasteiger partial charge in [0, 0.05) is 13.1 Å². The molecule has 0 radical (unpaired) electrons. The van der Waals surface area contributed by atoms with E-state index >= 15 is 0 Å². The topological polar surface area (TPSA) is 32.3 Å². The van der Waals surface area contributed by atoms with Crippen molar-refractivity contribution >= 4 is 29.1 Å². The summed E-state index contributed by atoms with van der Waals surface area (Å²) in [5, 5.41) is 4.45. The zero-order valence-corrected chi connectivity index (χ0v) is 13.5. The van der Waals surface area contributed by atoms with Crippen LogP contribution in [-0.2, 0) is 4.79 Å². The number of hydrogen-bond acceptors (Lipinski definition) is 2. The maximum Gasteiger partial charge on any atom is 0.227 e. The van der Waals surface area contributed by atoms with E-state index in [2.05, 4.69) is 5.32 Å². The molecule has 2 heterocycles. The van der Waals surface area contributed by atoms with E-state index in [-0.39, 0.29) is 17.9 Å². The van der Waals surface area contributed by atoms with Gasteiger partial charge in [-0.25, -0.2) is 0 Å². The molecular weight excluding hydrogens is 307 g/mol. The summed E-state index contributed by atoms with van der Waals surface area (Å²) in [6.45, 7) is 2.68. The lowest BCUT2D eigenvalue weighted by Crippen LogP contribution is -2.42. The summed E-state index contributed by atoms with van der Waals surface area (Å²) in [7, 11) is 0. The Balaban J connectivity index is 1.78. The van der Waals surface area contributed by atoms with Crippen molar-refractivity contribution in [3.8, 4) is 0 Å². The Labute approximate surface area is 135 Å². The number of carbonyl (C=O) groups excluding carboxylic acids is 1. The van der Waals surface area contributed by atoms with Gasteiger partial charge in [0.05, 0.1) is 22.0 Å². The minimum Gasteiger partial charge on any atom is -0.335 e. The van der Waals surface area contributed by atoms with Gasteiger partial charge >= 0.3 is 0 Å². The summed E-state index contributed by atoms with van der Waals surface area (Å²) >= 11 is 12.1. The zero-order chi connectivity index (χ0) is 14.8. The first-order valence-corrected chi connectivity index (χ1v) is 8.38. The molecule has 1 amide bonds. The maximum atomic E-state index is 12.8. The van der Waals surface area contributed by atoms with Crippen LogP contribution in [0, 0.1) is 5.92 Å². The Bertz CT molecular complexity index is 529. The molecule has 0 bridgehead atoms. The molecule has 21 heavy (non-hydrogen) atoms. The Morgan fingerprint density at radius 1 is 1.19 bits per heavy atom. The Morgan fingerprint density at radius 3 is 2.76 bits per heavy atom. The van der Waals surface area contributed by atoms with Crippen LogP contribution >= 0.6 is 23.2 Å². The molecule has 0 aromatic heterocycles. The third kappa shape index (κ3) is 3.20. The number of benzene rings is 1. The molecule has 3 nitrogen and oxygen atoms in total. The van der Waals surface area contributed by atoms with E-state index in [9.17, 15) is 4.79 Å². The molecule has 2 aliphatic rings. The normalized spacial score (nSPS) is 26.1. The Morgan fingerprint density at radius 2 is 2.05 bits per heavy atom. The van der Waals surface area contributed by atoms with E-state index in [1.54, 1.807) is 0 Å². The largest absolute Gasteiger partial charge is 0.335 e. The number of carbonyl (C=O) groups is 1. The van der Waals surface area contributed by atoms with Crippen LogP contribution in [0.15, 0.2) is 18.2 Å². The van der Waals surface area contributed by atoms with E-state index in [1.807, 2.05) is 23.1 Å². The lowest BCUT2D eigenvalue weighted by Gasteiger charge is -2.31. The van der Waals surface area contributed by atoms with Gasteiger partial charge in [0.2, 0.25) is 5.91 Å². The highest BCUT2D eigenvalue weighted by molar-refractivity contribution is 6.42. The van der Waals surface area contributed by atoms with Crippen LogP contribution in [0.3, 0.4) is 0 Å². The summed E-state index contributed by atoms with van der Waals surface area (Å²) in [5.41, 5.74) is 1.10. The number of nitrogens with one attached hydrogen (secondary N) is 1. The Kier molecular flexibility index (Phi) is 4.72. The summed E-state index contributed by atoms with van der Waals surface area (Å²) in [6, 6.07) is 5.86. The fourth-order valence-corrected chi connectivity index (χ4v) is 3.70. The minimum absolute atomic E-state index is 0.127. The second-order valence-corrected chi connectivity index (χ2v) is 6.72. The standard InChI is InChI=1S/C16H20Cl2N2O/c17-13-6-5-11(9-14(13)18)15-4-2-8-20(15)16(21)12-3-1-7-19-10-12/h5-6,9,12,15,19H,1-4,7-8,10H2/t12-,15?/m0/s1. The van der Waals surface area contributed by atoms with Gasteiger partial charge in [-0.05, 0) is 49.9 Å². The monoisotopic (exact) mass is 326 g/mol. The molecule has 114 valence electrons. The van der Waals surface area contributed by atoms with Crippen LogP contribution in [0.4, 0.5) is 0 Å². The number of amides is 1. The molecule has 1 N–H and O–H groups in total. The van der Waals surface area contributed by atoms with Gasteiger partial charge in [-0.2, -0.15) is 0 Å². The van der Waals surface area contributed by atoms with Crippen molar-refractivity contribution in [2.75, 3.05) is 19.6 Å². The summed E-state index contributed by atoms with van der Waals surface area (Å²) in [4.78, 5) is 14.8. The smallest absolute Gasteiger partial charge is 0.227 e. The predicted molar refractivity (Wildman–Crippen MR) is 85.7 cm³/mol. The van der Waals surface area contributed by atoms with Gasteiger partial charge in [0.15, 0.2) is 0 Å². The van der Waals surface area contributed by atoms with Crippen molar-refractivity contribution in [3.05, 3.63) is 33.8 Å². The molecular formula is C16H20Cl2N2O. The fraction of sp³-hybridized carbons (Fsp3) is 0.562. The molecule has 1 unspecified atom stereocenters. The van der Waals surface area contributed by atoms with Crippen molar-refractivity contribution in [2.24, 2.45) is 5.92 Å². The van der Waals surface area contributed by atoms with Crippen LogP contribution in [0.25, 0.3) is 0 Å². The van der Waals surface area contributed by atoms with Gasteiger partial charge in [0.25, 0.3) is 0 Å². The highest BCUT2D eigenvalue weighted by atomic mass is 35.5. The molecule has 2 saturated heterocycles. The predicted octanol–water partition coefficient (Wildman–Crippen LogP) is 3.66. The summed E-state index contributed by atoms with van der Waals surface area (Å²) in [5.74, 6) is 0.415. The third-order valence-corrected chi connectivity index (χ3v) is 5.25. The summed E-state index contributed by atoms with van der Waals surface area (Å²) < 4.78 is 0. The average Bonchev–Trinajstić information content (AvgIpc) is 2.99. The first-order chi connectivity index (χ1) is 10.2. The highest BCUT2D eigenvalue weighted by Crippen LogP contribution is 2.36. The van der Waals surface area contributed by atoms with Crippen molar-refractivity contribution in [1.29, 1.82) is 0 Å². The molecule has 3 rings (SSSR count). The van der Waals surface area contributed by atoms with Crippen molar-refractivity contribution in [1.82, 2.24) is 10.2 Å². The van der Waals surface area contributed by atoms with E-state index < -0.39 is 0 Å². The fourth-order valence-electron chi connectivity index (χ4n) is 3.39. The first-order valence-electron chi connectivity index (χ1n) is 7.63. The minimum atomic E-state index is 0.127. The highest BCUT2D eigenvalue weighted by Gasteiger charge is 2.34. The number of halogens is 2. The van der Waals surface area contributed by atoms with Gasteiger partial charge in [-0.3, -0.25) is 4.79 Å². The van der Waals surface area contributed by atoms with Crippen molar-refractivity contribution in [2.45, 2.75) is 31.7 Å². The second-order valence-electron chi connectivity index (χ2n) is 5.91. The molecule has 0 spiro atoms. The van der Waals surface area contributed by atoms with E-state index in [4.69, 9.17) is 23.2 Å². The summed E-state index contributed by atoms with van der Waals surface area (Å²) in [6.07, 6.45) is 4.14. The zero-order valence-electron chi connectivity index (χ0n) is 11.9. The SMILES string of the molecule is O=C([C@H]1CCCNC1)N1CCCC1c1ccc(Cl)c(Cl)c1. The molecule has 0 saturated carbocycles. The van der Waals surface area contributed by atoms with Crippen molar-refractivity contribution < 1.29 is 4.79 Å². The number of nitrogens with zero attached hydrogens (tertiary/aromatic N) is 1. The maximum absolute atomic E-state index is 12.8. The van der Waals surface area contributed by atoms with Crippen molar-refractivity contribution in [3.63, 3.8) is 0 Å². The van der Waals surface area contributed by atoms with Gasteiger partial charge in [0.1, 0.15) is 0 Å². The quantitative estimate of drug-likeness (QED) is 0.899. The van der Waals surface area contributed by atoms with Gasteiger partial charge in [-0.15, -0.1) is 0 Å². The molecule has 1 aromatic rings. The molecule has 2 fully saturated rings. The molecule has 0 aliphatic carbocycles. The van der Waals surface area contributed by atoms with E-state index in [1.165, 1.54) is 0 Å². The van der Waals surface area contributed by atoms with Crippen LogP contribution < -0.4 is 5.32 Å². The molecule has 2 atom stereocenters. The molecule has 1 aromatic carbocycles. The lowest BCUT2D eigenvalue weighted by molar-refractivity contribution is -0.137. The number of rotatable bonds is 2. The third-order valence-electron chi connectivity index (χ3n) is 4.51. The van der Waals surface area contributed by atoms with Crippen LogP contribution in [0.5, 0.6) is 0 Å². The van der Waals surface area contributed by atoms with E-state index in [0.29, 0.717) is 10.0 Å². The van der Waals surface area contributed by atoms with Crippen LogP contribution in [0.1, 0.15) is 37.3 Å². The second kappa shape index (κ2) is 6.55. The van der Waals surface area contributed by atoms with Gasteiger partial charge < -0.3 is 10.2 Å². The van der Waals surface area contributed by atoms with Crippen LogP contribution in [-0.4, -0.2) is 30.4 Å². The Hall–Kier alpha value is -0.770. The van der Waals surface area contributed by atoms with Crippen LogP contribution in [0.2, 0.25) is 10.0 Å². The molecule has 5 heteroatoms. The first kappa shape index (κ1) is 15.1. The number of hydrogen-bond donors (Lipinski definition) is 1. The van der Waals surface area contributed by atoms with E-state index in [0.717, 1.165) is 50.9 Å². The average molecular weight is 327 g/mol. The molecule has 2 aliphatic heterocycles. The lowest BCUT2D eigenvalue weighted by atomic mass is 9.96. The van der Waals surface area contributed by atoms with Gasteiger partial charge in [-0.1, -0.05) is 29.3 Å². The number of piperidine rings is 1. The number of likely N-dealkylation sites (tertiary alicyclic amines) is 1.